The van der Waals surface area contributed by atoms with Crippen LogP contribution in [0.1, 0.15) is 85.1 Å². The Hall–Kier alpha value is -6.05. The third-order valence-corrected chi connectivity index (χ3v) is 13.9. The summed E-state index contributed by atoms with van der Waals surface area (Å²) in [6.45, 7) is 12.6. The maximum absolute atomic E-state index is 12.0. The van der Waals surface area contributed by atoms with Gasteiger partial charge in [-0.1, -0.05) is 88.4 Å². The predicted octanol–water partition coefficient (Wildman–Crippen LogP) is 12.0. The first kappa shape index (κ1) is 40.0. The summed E-state index contributed by atoms with van der Waals surface area (Å²) < 4.78 is 31.2. The number of carbonyl (C=O) groups is 1. The van der Waals surface area contributed by atoms with Crippen LogP contribution in [0.4, 0.5) is 5.69 Å². The molecule has 0 bridgehead atoms. The van der Waals surface area contributed by atoms with Crippen LogP contribution >= 0.6 is 0 Å². The molecule has 7 heteroatoms. The fourth-order valence-corrected chi connectivity index (χ4v) is 12.1. The molecule has 2 heterocycles. The summed E-state index contributed by atoms with van der Waals surface area (Å²) in [7, 11) is 5.06. The number of methoxy groups -OCH3 is 3. The second kappa shape index (κ2) is 14.8. The first-order valence-corrected chi connectivity index (χ1v) is 21.8. The molecular formula is C55H55NO6. The Morgan fingerprint density at radius 1 is 0.661 bits per heavy atom. The van der Waals surface area contributed by atoms with Crippen molar-refractivity contribution < 1.29 is 28.5 Å². The number of carbonyl (C=O) groups excluding carboxylic acids is 1. The van der Waals surface area contributed by atoms with Gasteiger partial charge in [0.05, 0.1) is 34.5 Å². The summed E-state index contributed by atoms with van der Waals surface area (Å²) >= 11 is 0. The van der Waals surface area contributed by atoms with Gasteiger partial charge in [0.25, 0.3) is 0 Å². The molecule has 62 heavy (non-hydrogen) atoms. The van der Waals surface area contributed by atoms with Crippen molar-refractivity contribution in [1.82, 2.24) is 0 Å². The lowest BCUT2D eigenvalue weighted by atomic mass is 9.52. The fraction of sp³-hybridized carbons (Fsp3) is 0.327. The molecule has 2 fully saturated rings. The number of hydrogen-bond acceptors (Lipinski definition) is 7. The Morgan fingerprint density at radius 3 is 1.92 bits per heavy atom. The average molecular weight is 826 g/mol. The van der Waals surface area contributed by atoms with Crippen molar-refractivity contribution in [1.29, 1.82) is 0 Å². The van der Waals surface area contributed by atoms with Crippen LogP contribution in [0, 0.1) is 10.8 Å². The lowest BCUT2D eigenvalue weighted by molar-refractivity contribution is 0.0641. The van der Waals surface area contributed by atoms with Crippen LogP contribution in [0.5, 0.6) is 23.0 Å². The Bertz CT molecular complexity index is 2690. The van der Waals surface area contributed by atoms with E-state index < -0.39 is 5.60 Å². The molecule has 316 valence electrons. The Balaban J connectivity index is 1.35. The lowest BCUT2D eigenvalue weighted by Gasteiger charge is -2.52. The Morgan fingerprint density at radius 2 is 1.31 bits per heavy atom. The van der Waals surface area contributed by atoms with Crippen LogP contribution in [0.3, 0.4) is 0 Å². The minimum absolute atomic E-state index is 0.0839. The first-order chi connectivity index (χ1) is 29.9. The number of benzene rings is 6. The molecule has 7 nitrogen and oxygen atoms in total. The van der Waals surface area contributed by atoms with Gasteiger partial charge in [-0.15, -0.1) is 0 Å². The average Bonchev–Trinajstić information content (AvgIpc) is 3.55. The number of morpholine rings is 1. The van der Waals surface area contributed by atoms with E-state index in [1.165, 1.54) is 22.3 Å². The van der Waals surface area contributed by atoms with Gasteiger partial charge in [-0.05, 0) is 112 Å². The van der Waals surface area contributed by atoms with Crippen molar-refractivity contribution >= 4 is 28.8 Å². The maximum Gasteiger partial charge on any atom is 0.178 e. The van der Waals surface area contributed by atoms with E-state index in [2.05, 4.69) is 105 Å². The molecule has 1 saturated carbocycles. The largest absolute Gasteiger partial charge is 0.497 e. The topological polar surface area (TPSA) is 66.5 Å². The van der Waals surface area contributed by atoms with Gasteiger partial charge in [0.1, 0.15) is 29.3 Å². The van der Waals surface area contributed by atoms with Crippen molar-refractivity contribution in [3.63, 3.8) is 0 Å². The van der Waals surface area contributed by atoms with E-state index in [-0.39, 0.29) is 16.2 Å². The van der Waals surface area contributed by atoms with E-state index in [4.69, 9.17) is 23.7 Å². The van der Waals surface area contributed by atoms with Crippen LogP contribution in [0.25, 0.3) is 39.1 Å². The number of aldehydes is 1. The van der Waals surface area contributed by atoms with Gasteiger partial charge in [-0.2, -0.15) is 0 Å². The highest BCUT2D eigenvalue weighted by Crippen LogP contribution is 2.67. The van der Waals surface area contributed by atoms with E-state index in [1.54, 1.807) is 21.3 Å². The molecule has 0 amide bonds. The zero-order valence-corrected chi connectivity index (χ0v) is 36.9. The quantitative estimate of drug-likeness (QED) is 0.142. The van der Waals surface area contributed by atoms with Gasteiger partial charge < -0.3 is 28.6 Å². The van der Waals surface area contributed by atoms with Gasteiger partial charge in [0.2, 0.25) is 0 Å². The smallest absolute Gasteiger partial charge is 0.178 e. The summed E-state index contributed by atoms with van der Waals surface area (Å²) in [4.78, 5) is 14.5. The Labute approximate surface area is 365 Å². The molecule has 2 aliphatic heterocycles. The molecule has 0 radical (unpaired) electrons. The van der Waals surface area contributed by atoms with Crippen molar-refractivity contribution in [2.45, 2.75) is 58.0 Å². The normalized spacial score (nSPS) is 18.7. The van der Waals surface area contributed by atoms with E-state index in [9.17, 15) is 4.79 Å². The zero-order valence-electron chi connectivity index (χ0n) is 36.9. The van der Waals surface area contributed by atoms with Gasteiger partial charge in [-0.3, -0.25) is 4.79 Å². The van der Waals surface area contributed by atoms with Crippen LogP contribution in [-0.4, -0.2) is 53.9 Å². The van der Waals surface area contributed by atoms with E-state index in [0.717, 1.165) is 100 Å². The number of fused-ring (bicyclic) bond motifs is 10. The monoisotopic (exact) mass is 825 g/mol. The summed E-state index contributed by atoms with van der Waals surface area (Å²) in [6, 6.07) is 36.1. The summed E-state index contributed by atoms with van der Waals surface area (Å²) in [5.41, 5.74) is 10.9. The van der Waals surface area contributed by atoms with Crippen LogP contribution in [0.2, 0.25) is 0 Å². The van der Waals surface area contributed by atoms with Crippen LogP contribution in [-0.2, 0) is 15.8 Å². The van der Waals surface area contributed by atoms with E-state index in [1.807, 2.05) is 42.5 Å². The van der Waals surface area contributed by atoms with Gasteiger partial charge in [-0.25, -0.2) is 0 Å². The van der Waals surface area contributed by atoms with Crippen molar-refractivity contribution in [2.24, 2.45) is 10.8 Å². The van der Waals surface area contributed by atoms with Crippen LogP contribution < -0.4 is 23.8 Å². The van der Waals surface area contributed by atoms with Crippen molar-refractivity contribution in [2.75, 3.05) is 52.5 Å². The van der Waals surface area contributed by atoms with Crippen molar-refractivity contribution in [3.05, 3.63) is 143 Å². The number of anilines is 1. The molecule has 6 aromatic rings. The predicted molar refractivity (Wildman–Crippen MR) is 248 cm³/mol. The first-order valence-electron chi connectivity index (χ1n) is 21.8. The molecular weight excluding hydrogens is 771 g/mol. The lowest BCUT2D eigenvalue weighted by Crippen LogP contribution is -2.44. The minimum Gasteiger partial charge on any atom is -0.497 e. The second-order valence-corrected chi connectivity index (χ2v) is 19.2. The highest BCUT2D eigenvalue weighted by atomic mass is 16.5. The summed E-state index contributed by atoms with van der Waals surface area (Å²) in [6.07, 6.45) is 8.70. The molecule has 1 spiro atoms. The number of ether oxygens (including phenoxy) is 5. The molecule has 0 unspecified atom stereocenters. The standard InChI is InChI=1S/C55H55NO6/c1-52(2)32-53(3,4)34-54(33-52)46-11-9-8-10-41(46)49-44-30-47(56-24-26-61-27-25-56)43(40-21-12-35(31-57)28-48(40)60-7)29-45(44)51-42(50(49)54)22-23-55(62-51,36-13-17-38(58-5)18-14-36)37-15-19-39(59-6)20-16-37/h8-23,28-31H,24-27,32-34H2,1-7H3. The summed E-state index contributed by atoms with van der Waals surface area (Å²) in [5.74, 6) is 3.04. The van der Waals surface area contributed by atoms with E-state index >= 15 is 0 Å². The van der Waals surface area contributed by atoms with Gasteiger partial charge in [0.15, 0.2) is 5.60 Å². The highest BCUT2D eigenvalue weighted by Gasteiger charge is 2.55. The van der Waals surface area contributed by atoms with Gasteiger partial charge in [0, 0.05) is 63.0 Å². The molecule has 1 saturated heterocycles. The third kappa shape index (κ3) is 6.30. The number of rotatable bonds is 8. The van der Waals surface area contributed by atoms with Crippen molar-refractivity contribution in [3.8, 4) is 45.3 Å². The molecule has 6 aromatic carbocycles. The maximum atomic E-state index is 12.0. The van der Waals surface area contributed by atoms with Gasteiger partial charge >= 0.3 is 0 Å². The number of nitrogens with zero attached hydrogens (tertiary/aromatic N) is 1. The van der Waals surface area contributed by atoms with Crippen LogP contribution in [0.15, 0.2) is 109 Å². The SMILES string of the molecule is COc1ccc(C2(c3ccc(OC)cc3)C=Cc3c4c(c5cc(N6CCOCC6)c(-c6ccc(C=O)cc6OC)cc5c3O2)-c2ccccc2C42CC(C)(C)CC(C)(C)C2)cc1. The fourth-order valence-electron chi connectivity index (χ4n) is 12.1. The zero-order chi connectivity index (χ0) is 43.0. The number of hydrogen-bond donors (Lipinski definition) is 0. The Kier molecular flexibility index (Phi) is 9.56. The molecule has 0 aromatic heterocycles. The van der Waals surface area contributed by atoms with E-state index in [0.29, 0.717) is 24.5 Å². The highest BCUT2D eigenvalue weighted by molar-refractivity contribution is 6.12. The second-order valence-electron chi connectivity index (χ2n) is 19.2. The third-order valence-electron chi connectivity index (χ3n) is 13.9. The minimum atomic E-state index is -0.997. The molecule has 2 aliphatic carbocycles. The molecule has 0 N–H and O–H groups in total. The molecule has 0 atom stereocenters. The summed E-state index contributed by atoms with van der Waals surface area (Å²) in [5, 5.41) is 2.18. The molecule has 4 aliphatic rings. The molecule has 10 rings (SSSR count).